The maximum absolute atomic E-state index is 9.93. The molecule has 1 heterocycles. The van der Waals surface area contributed by atoms with Gasteiger partial charge in [-0.25, -0.2) is 0 Å². The van der Waals surface area contributed by atoms with Crippen molar-refractivity contribution in [1.29, 1.82) is 0 Å². The first-order valence-electron chi connectivity index (χ1n) is 6.80. The van der Waals surface area contributed by atoms with Crippen molar-refractivity contribution in [3.8, 4) is 5.75 Å². The van der Waals surface area contributed by atoms with Crippen molar-refractivity contribution in [3.05, 3.63) is 54.0 Å². The minimum atomic E-state index is -0.563. The fraction of sp³-hybridized carbons (Fsp3) is 0.375. The number of benzene rings is 1. The Labute approximate surface area is 119 Å². The normalized spacial score (nSPS) is 13.9. The molecule has 0 saturated heterocycles. The number of rotatable bonds is 7. The van der Waals surface area contributed by atoms with Gasteiger partial charge >= 0.3 is 0 Å². The van der Waals surface area contributed by atoms with E-state index in [-0.39, 0.29) is 12.6 Å². The molecule has 0 bridgehead atoms. The smallest absolute Gasteiger partial charge is 0.122 e. The molecule has 0 spiro atoms. The lowest BCUT2D eigenvalue weighted by atomic mass is 10.2. The van der Waals surface area contributed by atoms with Crippen molar-refractivity contribution in [2.75, 3.05) is 13.2 Å². The van der Waals surface area contributed by atoms with Gasteiger partial charge in [0, 0.05) is 6.54 Å². The second-order valence-corrected chi connectivity index (χ2v) is 4.88. The van der Waals surface area contributed by atoms with E-state index in [9.17, 15) is 5.11 Å². The highest BCUT2D eigenvalue weighted by Gasteiger charge is 2.11. The second-order valence-electron chi connectivity index (χ2n) is 4.88. The number of aliphatic hydroxyl groups excluding tert-OH is 1. The Morgan fingerprint density at radius 3 is 2.75 bits per heavy atom. The van der Waals surface area contributed by atoms with Crippen LogP contribution in [0.15, 0.2) is 47.1 Å². The second kappa shape index (κ2) is 7.12. The molecule has 1 aromatic carbocycles. The van der Waals surface area contributed by atoms with Crippen LogP contribution in [0.25, 0.3) is 0 Å². The summed E-state index contributed by atoms with van der Waals surface area (Å²) in [7, 11) is 0. The van der Waals surface area contributed by atoms with Gasteiger partial charge in [-0.15, -0.1) is 0 Å². The molecule has 4 heteroatoms. The summed E-state index contributed by atoms with van der Waals surface area (Å²) in [6.07, 6.45) is 1.08. The van der Waals surface area contributed by atoms with E-state index in [1.165, 1.54) is 0 Å². The molecule has 2 rings (SSSR count). The van der Waals surface area contributed by atoms with E-state index in [1.54, 1.807) is 6.26 Å². The predicted octanol–water partition coefficient (Wildman–Crippen LogP) is 2.68. The van der Waals surface area contributed by atoms with Crippen molar-refractivity contribution in [2.45, 2.75) is 26.0 Å². The summed E-state index contributed by atoms with van der Waals surface area (Å²) in [6.45, 7) is 4.70. The van der Waals surface area contributed by atoms with Gasteiger partial charge in [-0.2, -0.15) is 0 Å². The van der Waals surface area contributed by atoms with Crippen LogP contribution < -0.4 is 10.1 Å². The summed E-state index contributed by atoms with van der Waals surface area (Å²) in [5.74, 6) is 1.67. The molecular weight excluding hydrogens is 254 g/mol. The zero-order chi connectivity index (χ0) is 14.4. The lowest BCUT2D eigenvalue weighted by molar-refractivity contribution is 0.103. The Morgan fingerprint density at radius 1 is 1.25 bits per heavy atom. The third-order valence-electron chi connectivity index (χ3n) is 3.15. The molecular formula is C16H21NO3. The largest absolute Gasteiger partial charge is 0.491 e. The zero-order valence-corrected chi connectivity index (χ0v) is 11.9. The average molecular weight is 275 g/mol. The molecule has 2 unspecified atom stereocenters. The van der Waals surface area contributed by atoms with Gasteiger partial charge < -0.3 is 19.6 Å². The molecule has 108 valence electrons. The van der Waals surface area contributed by atoms with E-state index in [0.717, 1.165) is 17.1 Å². The first kappa shape index (κ1) is 14.6. The monoisotopic (exact) mass is 275 g/mol. The van der Waals surface area contributed by atoms with Crippen molar-refractivity contribution >= 4 is 0 Å². The van der Waals surface area contributed by atoms with Crippen molar-refractivity contribution in [1.82, 2.24) is 5.32 Å². The fourth-order valence-corrected chi connectivity index (χ4v) is 1.91. The van der Waals surface area contributed by atoms with Crippen LogP contribution in [0.2, 0.25) is 0 Å². The Bertz CT molecular complexity index is 510. The number of aryl methyl sites for hydroxylation is 1. The van der Waals surface area contributed by atoms with Crippen molar-refractivity contribution in [2.24, 2.45) is 0 Å². The minimum absolute atomic E-state index is 0.0677. The highest BCUT2D eigenvalue weighted by molar-refractivity contribution is 5.31. The molecule has 2 atom stereocenters. The number of nitrogens with one attached hydrogen (secondary N) is 1. The highest BCUT2D eigenvalue weighted by atomic mass is 16.5. The van der Waals surface area contributed by atoms with Crippen LogP contribution in [0, 0.1) is 6.92 Å². The van der Waals surface area contributed by atoms with Gasteiger partial charge in [0.1, 0.15) is 24.2 Å². The Morgan fingerprint density at radius 2 is 2.05 bits per heavy atom. The van der Waals surface area contributed by atoms with Gasteiger partial charge in [-0.05, 0) is 37.6 Å². The number of hydrogen-bond donors (Lipinski definition) is 2. The number of hydrogen-bond acceptors (Lipinski definition) is 4. The quantitative estimate of drug-likeness (QED) is 0.815. The third kappa shape index (κ3) is 4.11. The van der Waals surface area contributed by atoms with Crippen LogP contribution >= 0.6 is 0 Å². The fourth-order valence-electron chi connectivity index (χ4n) is 1.91. The molecule has 20 heavy (non-hydrogen) atoms. The summed E-state index contributed by atoms with van der Waals surface area (Å²) in [6, 6.07) is 11.6. The standard InChI is InChI=1S/C16H21NO3/c1-12-6-3-4-7-15(12)20-11-14(18)10-17-13(2)16-8-5-9-19-16/h3-9,13-14,17-18H,10-11H2,1-2H3. The van der Waals surface area contributed by atoms with Gasteiger partial charge in [0.05, 0.1) is 12.3 Å². The summed E-state index contributed by atoms with van der Waals surface area (Å²) in [5.41, 5.74) is 1.07. The lowest BCUT2D eigenvalue weighted by Crippen LogP contribution is -2.33. The molecule has 0 amide bonds. The molecule has 0 fully saturated rings. The van der Waals surface area contributed by atoms with Crippen LogP contribution in [0.4, 0.5) is 0 Å². The van der Waals surface area contributed by atoms with Crippen molar-refractivity contribution in [3.63, 3.8) is 0 Å². The Balaban J connectivity index is 1.73. The number of furan rings is 1. The van der Waals surface area contributed by atoms with Crippen molar-refractivity contribution < 1.29 is 14.3 Å². The lowest BCUT2D eigenvalue weighted by Gasteiger charge is -2.17. The predicted molar refractivity (Wildman–Crippen MR) is 77.8 cm³/mol. The van der Waals surface area contributed by atoms with Gasteiger partial charge in [0.15, 0.2) is 0 Å². The molecule has 0 radical (unpaired) electrons. The molecule has 0 aliphatic rings. The van der Waals surface area contributed by atoms with Crippen LogP contribution in [0.1, 0.15) is 24.3 Å². The number of ether oxygens (including phenoxy) is 1. The maximum Gasteiger partial charge on any atom is 0.122 e. The van der Waals surface area contributed by atoms with Crippen LogP contribution in [-0.2, 0) is 0 Å². The Kier molecular flexibility index (Phi) is 5.21. The van der Waals surface area contributed by atoms with E-state index in [1.807, 2.05) is 50.2 Å². The van der Waals surface area contributed by atoms with Crippen LogP contribution in [0.3, 0.4) is 0 Å². The van der Waals surface area contributed by atoms with E-state index < -0.39 is 6.10 Å². The van der Waals surface area contributed by atoms with E-state index in [0.29, 0.717) is 6.54 Å². The molecule has 4 nitrogen and oxygen atoms in total. The van der Waals surface area contributed by atoms with Gasteiger partial charge in [-0.1, -0.05) is 18.2 Å². The Hall–Kier alpha value is -1.78. The summed E-state index contributed by atoms with van der Waals surface area (Å²) < 4.78 is 10.9. The number of para-hydroxylation sites is 1. The topological polar surface area (TPSA) is 54.6 Å². The van der Waals surface area contributed by atoms with Gasteiger partial charge in [0.25, 0.3) is 0 Å². The molecule has 2 N–H and O–H groups in total. The molecule has 0 saturated carbocycles. The first-order valence-corrected chi connectivity index (χ1v) is 6.80. The summed E-state index contributed by atoms with van der Waals surface area (Å²) in [4.78, 5) is 0. The molecule has 0 aliphatic heterocycles. The van der Waals surface area contributed by atoms with Gasteiger partial charge in [0.2, 0.25) is 0 Å². The molecule has 2 aromatic rings. The highest BCUT2D eigenvalue weighted by Crippen LogP contribution is 2.16. The summed E-state index contributed by atoms with van der Waals surface area (Å²) >= 11 is 0. The zero-order valence-electron chi connectivity index (χ0n) is 11.9. The van der Waals surface area contributed by atoms with Crippen LogP contribution in [0.5, 0.6) is 5.75 Å². The van der Waals surface area contributed by atoms with Gasteiger partial charge in [-0.3, -0.25) is 0 Å². The van der Waals surface area contributed by atoms with E-state index >= 15 is 0 Å². The molecule has 1 aromatic heterocycles. The van der Waals surface area contributed by atoms with Crippen LogP contribution in [-0.4, -0.2) is 24.4 Å². The molecule has 0 aliphatic carbocycles. The van der Waals surface area contributed by atoms with E-state index in [4.69, 9.17) is 9.15 Å². The number of aliphatic hydroxyl groups is 1. The summed E-state index contributed by atoms with van der Waals surface area (Å²) in [5, 5.41) is 13.1. The first-order chi connectivity index (χ1) is 9.66. The third-order valence-corrected chi connectivity index (χ3v) is 3.15. The SMILES string of the molecule is Cc1ccccc1OCC(O)CNC(C)c1ccco1. The van der Waals surface area contributed by atoms with E-state index in [2.05, 4.69) is 5.32 Å². The average Bonchev–Trinajstić information content (AvgIpc) is 2.98. The maximum atomic E-state index is 9.93. The minimum Gasteiger partial charge on any atom is -0.491 e.